The average molecular weight is 479 g/mol. The molecule has 0 bridgehead atoms. The molecule has 0 spiro atoms. The number of aromatic nitrogens is 2. The van der Waals surface area contributed by atoms with Gasteiger partial charge in [-0.1, -0.05) is 46.3 Å². The van der Waals surface area contributed by atoms with Crippen LogP contribution in [-0.2, 0) is 12.8 Å². The third-order valence-corrected chi connectivity index (χ3v) is 5.83. The minimum absolute atomic E-state index is 0. The van der Waals surface area contributed by atoms with E-state index >= 15 is 0 Å². The van der Waals surface area contributed by atoms with Crippen LogP contribution in [-0.4, -0.2) is 32.9 Å². The summed E-state index contributed by atoms with van der Waals surface area (Å²) in [7, 11) is 0. The lowest BCUT2D eigenvalue weighted by atomic mass is 9.98. The van der Waals surface area contributed by atoms with Crippen molar-refractivity contribution in [3.8, 4) is 17.0 Å². The first-order chi connectivity index (χ1) is 14.6. The second-order valence-electron chi connectivity index (χ2n) is 7.18. The fourth-order valence-corrected chi connectivity index (χ4v) is 4.27. The van der Waals surface area contributed by atoms with E-state index in [1.165, 1.54) is 22.7 Å². The van der Waals surface area contributed by atoms with E-state index in [9.17, 15) is 9.90 Å². The molecule has 1 amide bonds. The van der Waals surface area contributed by atoms with Crippen LogP contribution >= 0.6 is 15.9 Å². The Labute approximate surface area is 186 Å². The number of amides is 1. The van der Waals surface area contributed by atoms with Crippen LogP contribution in [0.3, 0.4) is 0 Å². The monoisotopic (exact) mass is 478 g/mol. The van der Waals surface area contributed by atoms with Crippen molar-refractivity contribution in [2.45, 2.75) is 12.8 Å². The Morgan fingerprint density at radius 3 is 2.77 bits per heavy atom. The van der Waals surface area contributed by atoms with Crippen molar-refractivity contribution in [2.24, 2.45) is 5.10 Å². The number of hydrogen-bond acceptors (Lipinski definition) is 4. The van der Waals surface area contributed by atoms with Gasteiger partial charge in [0.25, 0.3) is 5.91 Å². The molecule has 5 N–H and O–H groups in total. The Bertz CT molecular complexity index is 1320. The molecule has 156 valence electrons. The summed E-state index contributed by atoms with van der Waals surface area (Å²) < 4.78 is 0.802. The normalized spacial score (nSPS) is 12.3. The van der Waals surface area contributed by atoms with Gasteiger partial charge in [-0.05, 0) is 59.0 Å². The largest absolute Gasteiger partial charge is 0.507 e. The van der Waals surface area contributed by atoms with Crippen molar-refractivity contribution in [1.29, 1.82) is 0 Å². The smallest absolute Gasteiger partial charge is 0.289 e. The molecule has 0 aliphatic heterocycles. The van der Waals surface area contributed by atoms with Gasteiger partial charge < -0.3 is 10.6 Å². The zero-order valence-corrected chi connectivity index (χ0v) is 17.9. The summed E-state index contributed by atoms with van der Waals surface area (Å²) in [6, 6.07) is 17.3. The van der Waals surface area contributed by atoms with E-state index in [2.05, 4.69) is 67.0 Å². The number of hydrazone groups is 1. The molecule has 0 fully saturated rings. The highest BCUT2D eigenvalue weighted by Crippen LogP contribution is 2.36. The van der Waals surface area contributed by atoms with E-state index in [-0.39, 0.29) is 11.2 Å². The summed E-state index contributed by atoms with van der Waals surface area (Å²) in [5, 5.41) is 23.4. The van der Waals surface area contributed by atoms with E-state index in [4.69, 9.17) is 0 Å². The minimum atomic E-state index is -0.412. The number of nitrogens with zero attached hydrogens (tertiary/aromatic N) is 2. The maximum absolute atomic E-state index is 12.4. The summed E-state index contributed by atoms with van der Waals surface area (Å²) >= 11 is 3.34. The Morgan fingerprint density at radius 2 is 1.94 bits per heavy atom. The Balaban J connectivity index is 0.00000231. The molecule has 0 atom stereocenters. The lowest BCUT2D eigenvalue weighted by Crippen LogP contribution is -2.18. The van der Waals surface area contributed by atoms with Gasteiger partial charge in [0.15, 0.2) is 0 Å². The Hall–Kier alpha value is -3.49. The molecule has 1 aromatic heterocycles. The number of aryl methyl sites for hydroxylation is 2. The van der Waals surface area contributed by atoms with Gasteiger partial charge in [0.2, 0.25) is 0 Å². The first kappa shape index (κ1) is 20.8. The molecular formula is C23H19BrN4O3. The van der Waals surface area contributed by atoms with Crippen LogP contribution in [0, 0.1) is 0 Å². The van der Waals surface area contributed by atoms with Crippen molar-refractivity contribution in [2.75, 3.05) is 0 Å². The van der Waals surface area contributed by atoms with Crippen molar-refractivity contribution < 1.29 is 15.4 Å². The van der Waals surface area contributed by atoms with Crippen LogP contribution in [0.2, 0.25) is 0 Å². The molecule has 0 radical (unpaired) electrons. The molecule has 5 rings (SSSR count). The second-order valence-corrected chi connectivity index (χ2v) is 8.10. The summed E-state index contributed by atoms with van der Waals surface area (Å²) in [4.78, 5) is 12.4. The van der Waals surface area contributed by atoms with Crippen LogP contribution < -0.4 is 5.43 Å². The molecule has 0 saturated carbocycles. The number of halogens is 1. The molecule has 1 heterocycles. The first-order valence-electron chi connectivity index (χ1n) is 9.51. The Morgan fingerprint density at radius 1 is 1.13 bits per heavy atom. The SMILES string of the molecule is O.O=C(N/N=C/c1cc(Br)ccc1O)c1cc(-c2ccc3c4c(cccc24)CC3)n[nH]1. The third kappa shape index (κ3) is 3.83. The van der Waals surface area contributed by atoms with Crippen LogP contribution in [0.1, 0.15) is 27.2 Å². The maximum atomic E-state index is 12.4. The first-order valence-corrected chi connectivity index (χ1v) is 10.3. The number of carbonyl (C=O) groups is 1. The summed E-state index contributed by atoms with van der Waals surface area (Å²) in [6.07, 6.45) is 3.52. The summed E-state index contributed by atoms with van der Waals surface area (Å²) in [6.45, 7) is 0. The topological polar surface area (TPSA) is 122 Å². The minimum Gasteiger partial charge on any atom is -0.507 e. The fraction of sp³-hybridized carbons (Fsp3) is 0.0870. The molecule has 7 nitrogen and oxygen atoms in total. The molecule has 3 aromatic carbocycles. The van der Waals surface area contributed by atoms with Crippen molar-refractivity contribution >= 4 is 38.8 Å². The van der Waals surface area contributed by atoms with E-state index in [0.29, 0.717) is 17.0 Å². The second kappa shape index (κ2) is 8.33. The number of aromatic amines is 1. The van der Waals surface area contributed by atoms with E-state index in [1.807, 2.05) is 0 Å². The van der Waals surface area contributed by atoms with Crippen LogP contribution in [0.4, 0.5) is 0 Å². The summed E-state index contributed by atoms with van der Waals surface area (Å²) in [5.41, 5.74) is 7.69. The van der Waals surface area contributed by atoms with Crippen molar-refractivity contribution in [1.82, 2.24) is 15.6 Å². The van der Waals surface area contributed by atoms with Gasteiger partial charge in [0.05, 0.1) is 11.9 Å². The maximum Gasteiger partial charge on any atom is 0.289 e. The molecular weight excluding hydrogens is 460 g/mol. The molecule has 1 aliphatic rings. The van der Waals surface area contributed by atoms with Gasteiger partial charge >= 0.3 is 0 Å². The molecule has 1 aliphatic carbocycles. The predicted molar refractivity (Wildman–Crippen MR) is 123 cm³/mol. The van der Waals surface area contributed by atoms with Crippen LogP contribution in [0.25, 0.3) is 22.0 Å². The number of rotatable bonds is 4. The summed E-state index contributed by atoms with van der Waals surface area (Å²) in [5.74, 6) is -0.336. The van der Waals surface area contributed by atoms with Gasteiger partial charge in [-0.3, -0.25) is 9.89 Å². The van der Waals surface area contributed by atoms with E-state index in [0.717, 1.165) is 28.3 Å². The zero-order chi connectivity index (χ0) is 20.7. The van der Waals surface area contributed by atoms with Gasteiger partial charge in [-0.25, -0.2) is 5.43 Å². The van der Waals surface area contributed by atoms with Crippen LogP contribution in [0.15, 0.2) is 64.2 Å². The highest BCUT2D eigenvalue weighted by atomic mass is 79.9. The fourth-order valence-electron chi connectivity index (χ4n) is 3.90. The highest BCUT2D eigenvalue weighted by molar-refractivity contribution is 9.10. The number of hydrogen-bond donors (Lipinski definition) is 3. The number of nitrogens with one attached hydrogen (secondary N) is 2. The average Bonchev–Trinajstić information content (AvgIpc) is 3.40. The Kier molecular flexibility index (Phi) is 5.58. The van der Waals surface area contributed by atoms with Gasteiger partial charge in [-0.15, -0.1) is 0 Å². The quantitative estimate of drug-likeness (QED) is 0.305. The third-order valence-electron chi connectivity index (χ3n) is 5.33. The predicted octanol–water partition coefficient (Wildman–Crippen LogP) is 3.74. The van der Waals surface area contributed by atoms with Gasteiger partial charge in [0, 0.05) is 15.6 Å². The van der Waals surface area contributed by atoms with E-state index < -0.39 is 5.91 Å². The lowest BCUT2D eigenvalue weighted by Gasteiger charge is -2.06. The van der Waals surface area contributed by atoms with Crippen molar-refractivity contribution in [3.05, 3.63) is 81.5 Å². The highest BCUT2D eigenvalue weighted by Gasteiger charge is 2.18. The number of phenols is 1. The molecule has 0 saturated heterocycles. The molecule has 8 heteroatoms. The molecule has 31 heavy (non-hydrogen) atoms. The van der Waals surface area contributed by atoms with Crippen molar-refractivity contribution in [3.63, 3.8) is 0 Å². The van der Waals surface area contributed by atoms with Crippen LogP contribution in [0.5, 0.6) is 5.75 Å². The number of H-pyrrole nitrogens is 1. The zero-order valence-electron chi connectivity index (χ0n) is 16.3. The lowest BCUT2D eigenvalue weighted by molar-refractivity contribution is 0.0950. The van der Waals surface area contributed by atoms with E-state index in [1.54, 1.807) is 24.3 Å². The van der Waals surface area contributed by atoms with Gasteiger partial charge in [-0.2, -0.15) is 10.2 Å². The van der Waals surface area contributed by atoms with Gasteiger partial charge in [0.1, 0.15) is 11.4 Å². The molecule has 4 aromatic rings. The number of benzene rings is 3. The standard InChI is InChI=1S/C23H17BrN4O2.H2O/c24-16-7-9-21(29)15(10-16)12-25-28-23(30)20-11-19(26-27-20)17-8-6-14-5-4-13-2-1-3-18(17)22(13)14;/h1-3,6-12,29H,4-5H2,(H,26,27)(H,28,30);1H2/b25-12+;. The number of carbonyl (C=O) groups excluding carboxylic acids is 1. The number of phenolic OH excluding ortho intramolecular Hbond substituents is 1. The molecule has 0 unspecified atom stereocenters. The number of aromatic hydroxyl groups is 1.